The maximum absolute atomic E-state index is 15.3. The van der Waals surface area contributed by atoms with Crippen LogP contribution >= 0.6 is 0 Å². The molecule has 1 N–H and O–H groups in total. The maximum atomic E-state index is 15.3. The normalized spacial score (nSPS) is 15.1. The third-order valence-electron chi connectivity index (χ3n) is 8.43. The predicted molar refractivity (Wildman–Crippen MR) is 174 cm³/mol. The summed E-state index contributed by atoms with van der Waals surface area (Å²) in [5.74, 6) is -1.17. The number of allylic oxidation sites excluding steroid dienone is 1. The number of hydrogen-bond donors (Lipinski definition) is 1. The second-order valence-electron chi connectivity index (χ2n) is 11.6. The molecule has 0 atom stereocenters. The fraction of sp³-hybridized carbons (Fsp3) is 0.306. The van der Waals surface area contributed by atoms with Crippen molar-refractivity contribution in [2.45, 2.75) is 32.1 Å². The number of aromatic nitrogens is 2. The Balaban J connectivity index is 1.34. The van der Waals surface area contributed by atoms with E-state index in [1.165, 1.54) is 24.3 Å². The minimum atomic E-state index is -0.509. The average Bonchev–Trinajstić information content (AvgIpc) is 3.08. The number of hydrogen-bond acceptors (Lipinski definition) is 7. The smallest absolute Gasteiger partial charge is 0.227 e. The Morgan fingerprint density at radius 2 is 1.61 bits per heavy atom. The Morgan fingerprint density at radius 1 is 0.848 bits per heavy atom. The second-order valence-corrected chi connectivity index (χ2v) is 11.6. The van der Waals surface area contributed by atoms with E-state index in [-0.39, 0.29) is 35.4 Å². The van der Waals surface area contributed by atoms with Crippen molar-refractivity contribution in [1.82, 2.24) is 9.97 Å². The van der Waals surface area contributed by atoms with E-state index in [1.54, 1.807) is 36.5 Å². The summed E-state index contributed by atoms with van der Waals surface area (Å²) >= 11 is 0. The minimum Gasteiger partial charge on any atom is -0.378 e. The highest BCUT2D eigenvalue weighted by molar-refractivity contribution is 5.91. The molecular weight excluding hydrogens is 591 g/mol. The first-order valence-corrected chi connectivity index (χ1v) is 15.6. The number of piperidine rings is 1. The van der Waals surface area contributed by atoms with Gasteiger partial charge in [-0.1, -0.05) is 12.6 Å². The molecule has 0 spiro atoms. The first-order valence-electron chi connectivity index (χ1n) is 15.6. The average molecular weight is 628 g/mol. The highest BCUT2D eigenvalue weighted by atomic mass is 19.1. The maximum Gasteiger partial charge on any atom is 0.227 e. The number of ether oxygens (including phenoxy) is 1. The van der Waals surface area contributed by atoms with Crippen LogP contribution in [0.15, 0.2) is 73.4 Å². The van der Waals surface area contributed by atoms with Crippen LogP contribution in [0.3, 0.4) is 0 Å². The molecule has 2 aliphatic heterocycles. The van der Waals surface area contributed by atoms with Crippen molar-refractivity contribution in [1.29, 1.82) is 0 Å². The van der Waals surface area contributed by atoms with E-state index in [0.29, 0.717) is 72.2 Å². The molecule has 0 saturated carbocycles. The fourth-order valence-electron chi connectivity index (χ4n) is 6.00. The van der Waals surface area contributed by atoms with Crippen molar-refractivity contribution in [3.05, 3.63) is 108 Å². The van der Waals surface area contributed by atoms with Gasteiger partial charge in [-0.05, 0) is 85.0 Å². The highest BCUT2D eigenvalue weighted by Gasteiger charge is 2.19. The first kappa shape index (κ1) is 31.3. The molecule has 0 bridgehead atoms. The number of carbonyl (C=O) groups excluding carboxylic acids is 1. The molecular formula is C36H36F3N5O2. The van der Waals surface area contributed by atoms with E-state index >= 15 is 4.39 Å². The van der Waals surface area contributed by atoms with Gasteiger partial charge in [-0.2, -0.15) is 0 Å². The van der Waals surface area contributed by atoms with Crippen molar-refractivity contribution < 1.29 is 22.7 Å². The Kier molecular flexibility index (Phi) is 9.63. The summed E-state index contributed by atoms with van der Waals surface area (Å²) in [6.07, 6.45) is 6.16. The lowest BCUT2D eigenvalue weighted by atomic mass is 9.97. The van der Waals surface area contributed by atoms with Crippen molar-refractivity contribution in [3.63, 3.8) is 0 Å². The lowest BCUT2D eigenvalue weighted by Gasteiger charge is -2.29. The molecule has 0 aliphatic carbocycles. The largest absolute Gasteiger partial charge is 0.378 e. The van der Waals surface area contributed by atoms with Gasteiger partial charge < -0.3 is 19.9 Å². The lowest BCUT2D eigenvalue weighted by Crippen LogP contribution is -2.36. The number of benzene rings is 3. The molecule has 6 rings (SSSR count). The predicted octanol–water partition coefficient (Wildman–Crippen LogP) is 7.02. The van der Waals surface area contributed by atoms with E-state index in [1.807, 2.05) is 15.9 Å². The number of nitrogens with zero attached hydrogens (tertiary/aromatic N) is 4. The van der Waals surface area contributed by atoms with Gasteiger partial charge in [0, 0.05) is 62.0 Å². The van der Waals surface area contributed by atoms with Crippen molar-refractivity contribution >= 4 is 28.8 Å². The molecule has 10 heteroatoms. The Bertz CT molecular complexity index is 1740. The van der Waals surface area contributed by atoms with Crippen LogP contribution < -0.4 is 15.1 Å². The number of halogens is 3. The molecule has 2 saturated heterocycles. The number of ketones is 1. The van der Waals surface area contributed by atoms with E-state index in [2.05, 4.69) is 16.9 Å². The molecule has 0 radical (unpaired) electrons. The Hall–Kier alpha value is -4.70. The molecule has 0 amide bonds. The van der Waals surface area contributed by atoms with Gasteiger partial charge in [-0.25, -0.2) is 23.1 Å². The van der Waals surface area contributed by atoms with Crippen molar-refractivity contribution in [3.8, 4) is 11.3 Å². The lowest BCUT2D eigenvalue weighted by molar-refractivity contribution is -0.114. The second kappa shape index (κ2) is 14.2. The topological polar surface area (TPSA) is 70.6 Å². The third kappa shape index (κ3) is 7.23. The fourth-order valence-corrected chi connectivity index (χ4v) is 6.00. The molecule has 4 aromatic rings. The minimum absolute atomic E-state index is 0.141. The number of carbonyl (C=O) groups is 1. The summed E-state index contributed by atoms with van der Waals surface area (Å²) in [7, 11) is 0. The van der Waals surface area contributed by atoms with E-state index in [4.69, 9.17) is 9.72 Å². The van der Waals surface area contributed by atoms with Gasteiger partial charge in [0.25, 0.3) is 0 Å². The first-order chi connectivity index (χ1) is 22.4. The summed E-state index contributed by atoms with van der Waals surface area (Å²) in [4.78, 5) is 25.5. The number of morpholine rings is 1. The van der Waals surface area contributed by atoms with Gasteiger partial charge in [0.1, 0.15) is 17.5 Å². The molecule has 46 heavy (non-hydrogen) atoms. The zero-order chi connectivity index (χ0) is 32.0. The Labute approximate surface area is 266 Å². The van der Waals surface area contributed by atoms with Crippen LogP contribution in [0.2, 0.25) is 0 Å². The SMILES string of the molecule is C=CC(=O)Cc1cc(-c2nc(Nc3ccc(F)c(N4CCCCC4)c3)ncc2Cc2ccc(N3CCOCC3)c(F)c2)ccc1F. The summed E-state index contributed by atoms with van der Waals surface area (Å²) in [5, 5.41) is 3.20. The summed E-state index contributed by atoms with van der Waals surface area (Å²) in [5.41, 5.74) is 4.37. The highest BCUT2D eigenvalue weighted by Crippen LogP contribution is 2.31. The van der Waals surface area contributed by atoms with Crippen LogP contribution in [0.1, 0.15) is 36.0 Å². The summed E-state index contributed by atoms with van der Waals surface area (Å²) in [6, 6.07) is 14.5. The van der Waals surface area contributed by atoms with E-state index < -0.39 is 5.82 Å². The molecule has 7 nitrogen and oxygen atoms in total. The van der Waals surface area contributed by atoms with Crippen LogP contribution in [0.5, 0.6) is 0 Å². The van der Waals surface area contributed by atoms with Gasteiger partial charge in [0.2, 0.25) is 5.95 Å². The van der Waals surface area contributed by atoms with Gasteiger partial charge >= 0.3 is 0 Å². The molecule has 3 heterocycles. The summed E-state index contributed by atoms with van der Waals surface area (Å²) < 4.78 is 50.2. The third-order valence-corrected chi connectivity index (χ3v) is 8.43. The van der Waals surface area contributed by atoms with Gasteiger partial charge in [-0.3, -0.25) is 4.79 Å². The molecule has 0 unspecified atom stereocenters. The van der Waals surface area contributed by atoms with Crippen LogP contribution in [0.4, 0.5) is 36.2 Å². The van der Waals surface area contributed by atoms with Gasteiger partial charge in [-0.15, -0.1) is 0 Å². The van der Waals surface area contributed by atoms with Crippen molar-refractivity contribution in [2.75, 3.05) is 54.5 Å². The van der Waals surface area contributed by atoms with Crippen molar-refractivity contribution in [2.24, 2.45) is 0 Å². The Morgan fingerprint density at radius 3 is 2.37 bits per heavy atom. The molecule has 238 valence electrons. The quantitative estimate of drug-likeness (QED) is 0.190. The summed E-state index contributed by atoms with van der Waals surface area (Å²) in [6.45, 7) is 7.44. The van der Waals surface area contributed by atoms with E-state index in [9.17, 15) is 13.6 Å². The molecule has 1 aromatic heterocycles. The number of nitrogens with one attached hydrogen (secondary N) is 1. The zero-order valence-electron chi connectivity index (χ0n) is 25.6. The van der Waals surface area contributed by atoms with Crippen LogP contribution in [-0.4, -0.2) is 55.1 Å². The molecule has 2 fully saturated rings. The zero-order valence-corrected chi connectivity index (χ0v) is 25.6. The van der Waals surface area contributed by atoms with Crippen LogP contribution in [-0.2, 0) is 22.4 Å². The number of anilines is 4. The number of rotatable bonds is 10. The monoisotopic (exact) mass is 627 g/mol. The van der Waals surface area contributed by atoms with Gasteiger partial charge in [0.15, 0.2) is 5.78 Å². The van der Waals surface area contributed by atoms with Crippen LogP contribution in [0.25, 0.3) is 11.3 Å². The van der Waals surface area contributed by atoms with E-state index in [0.717, 1.165) is 32.4 Å². The van der Waals surface area contributed by atoms with Crippen LogP contribution in [0, 0.1) is 17.5 Å². The van der Waals surface area contributed by atoms with Gasteiger partial charge in [0.05, 0.1) is 30.3 Å². The molecule has 2 aliphatic rings. The standard InChI is InChI=1S/C36H36F3N5O2/c1-2-29(45)21-26-20-25(7-9-30(26)37)35-27(18-24-6-11-33(32(39)19-24)44-14-16-46-17-15-44)23-40-36(42-35)41-28-8-10-31(38)34(22-28)43-12-4-3-5-13-43/h2,6-11,19-20,22-23H,1,3-5,12-18,21H2,(H,40,41,42). The molecule has 3 aromatic carbocycles.